The number of hydrogen-bond donors (Lipinski definition) is 1. The Bertz CT molecular complexity index is 526. The second-order valence-corrected chi connectivity index (χ2v) is 5.14. The van der Waals surface area contributed by atoms with Crippen LogP contribution >= 0.6 is 11.6 Å². The molecule has 0 bridgehead atoms. The topological polar surface area (TPSA) is 29.5 Å². The predicted molar refractivity (Wildman–Crippen MR) is 82.2 cm³/mol. The Labute approximate surface area is 125 Å². The Morgan fingerprint density at radius 3 is 2.55 bits per heavy atom. The first kappa shape index (κ1) is 14.9. The standard InChI is InChI=1S/C17H19ClO2/c18-16-9-10-17(15(12-16)13-19)20-11-5-4-8-14-6-2-1-3-7-14/h1-3,6-7,9-10,12,19H,4-5,8,11,13H2. The summed E-state index contributed by atoms with van der Waals surface area (Å²) in [6, 6.07) is 15.8. The third-order valence-corrected chi connectivity index (χ3v) is 3.39. The SMILES string of the molecule is OCc1cc(Cl)ccc1OCCCCc1ccccc1. The molecule has 2 aromatic rings. The molecule has 3 heteroatoms. The van der Waals surface area contributed by atoms with Crippen molar-refractivity contribution in [2.75, 3.05) is 6.61 Å². The lowest BCUT2D eigenvalue weighted by Crippen LogP contribution is -2.01. The molecule has 1 N–H and O–H groups in total. The van der Waals surface area contributed by atoms with Gasteiger partial charge in [-0.1, -0.05) is 41.9 Å². The van der Waals surface area contributed by atoms with E-state index in [-0.39, 0.29) is 6.61 Å². The van der Waals surface area contributed by atoms with Crippen molar-refractivity contribution in [2.24, 2.45) is 0 Å². The second-order valence-electron chi connectivity index (χ2n) is 4.70. The van der Waals surface area contributed by atoms with E-state index in [1.165, 1.54) is 5.56 Å². The summed E-state index contributed by atoms with van der Waals surface area (Å²) >= 11 is 5.88. The fourth-order valence-electron chi connectivity index (χ4n) is 2.07. The van der Waals surface area contributed by atoms with Gasteiger partial charge in [0.25, 0.3) is 0 Å². The molecule has 0 atom stereocenters. The number of aliphatic hydroxyl groups is 1. The normalized spacial score (nSPS) is 10.5. The molecule has 0 aliphatic heterocycles. The minimum Gasteiger partial charge on any atom is -0.493 e. The van der Waals surface area contributed by atoms with E-state index in [4.69, 9.17) is 16.3 Å². The Balaban J connectivity index is 1.73. The summed E-state index contributed by atoms with van der Waals surface area (Å²) < 4.78 is 5.70. The third-order valence-electron chi connectivity index (χ3n) is 3.15. The van der Waals surface area contributed by atoms with Crippen LogP contribution in [0.4, 0.5) is 0 Å². The van der Waals surface area contributed by atoms with E-state index in [9.17, 15) is 5.11 Å². The lowest BCUT2D eigenvalue weighted by atomic mass is 10.1. The highest BCUT2D eigenvalue weighted by atomic mass is 35.5. The fourth-order valence-corrected chi connectivity index (χ4v) is 2.27. The average molecular weight is 291 g/mol. The van der Waals surface area contributed by atoms with Gasteiger partial charge in [0, 0.05) is 10.6 Å². The van der Waals surface area contributed by atoms with Crippen molar-refractivity contribution in [3.63, 3.8) is 0 Å². The van der Waals surface area contributed by atoms with Crippen LogP contribution in [0.3, 0.4) is 0 Å². The van der Waals surface area contributed by atoms with Crippen LogP contribution in [-0.2, 0) is 13.0 Å². The first-order valence-electron chi connectivity index (χ1n) is 6.85. The lowest BCUT2D eigenvalue weighted by molar-refractivity contribution is 0.260. The zero-order valence-electron chi connectivity index (χ0n) is 11.4. The van der Waals surface area contributed by atoms with Gasteiger partial charge in [0.15, 0.2) is 0 Å². The monoisotopic (exact) mass is 290 g/mol. The Morgan fingerprint density at radius 1 is 1.00 bits per heavy atom. The zero-order chi connectivity index (χ0) is 14.2. The molecule has 0 spiro atoms. The van der Waals surface area contributed by atoms with Crippen LogP contribution in [0.1, 0.15) is 24.0 Å². The number of hydrogen-bond acceptors (Lipinski definition) is 2. The number of aliphatic hydroxyl groups excluding tert-OH is 1. The van der Waals surface area contributed by atoms with E-state index in [0.717, 1.165) is 30.6 Å². The largest absolute Gasteiger partial charge is 0.493 e. The van der Waals surface area contributed by atoms with Gasteiger partial charge in [0.1, 0.15) is 5.75 Å². The summed E-state index contributed by atoms with van der Waals surface area (Å²) in [6.07, 6.45) is 3.14. The molecule has 106 valence electrons. The molecule has 2 rings (SSSR count). The van der Waals surface area contributed by atoms with Crippen LogP contribution in [0.25, 0.3) is 0 Å². The molecular formula is C17H19ClO2. The van der Waals surface area contributed by atoms with Crippen LogP contribution in [0.5, 0.6) is 5.75 Å². The van der Waals surface area contributed by atoms with Gasteiger partial charge in [0.2, 0.25) is 0 Å². The van der Waals surface area contributed by atoms with Crippen molar-refractivity contribution in [1.29, 1.82) is 0 Å². The molecule has 0 fully saturated rings. The van der Waals surface area contributed by atoms with Crippen LogP contribution in [-0.4, -0.2) is 11.7 Å². The van der Waals surface area contributed by atoms with Gasteiger partial charge in [-0.2, -0.15) is 0 Å². The van der Waals surface area contributed by atoms with Crippen molar-refractivity contribution in [2.45, 2.75) is 25.9 Å². The summed E-state index contributed by atoms with van der Waals surface area (Å²) in [5.74, 6) is 0.719. The van der Waals surface area contributed by atoms with E-state index in [2.05, 4.69) is 24.3 Å². The molecule has 0 unspecified atom stereocenters. The van der Waals surface area contributed by atoms with Crippen molar-refractivity contribution in [3.05, 3.63) is 64.7 Å². The molecule has 0 saturated carbocycles. The van der Waals surface area contributed by atoms with Crippen LogP contribution in [0.15, 0.2) is 48.5 Å². The number of unbranched alkanes of at least 4 members (excludes halogenated alkanes) is 1. The molecule has 20 heavy (non-hydrogen) atoms. The van der Waals surface area contributed by atoms with Crippen molar-refractivity contribution in [3.8, 4) is 5.75 Å². The second kappa shape index (κ2) is 7.93. The van der Waals surface area contributed by atoms with Crippen molar-refractivity contribution >= 4 is 11.6 Å². The quantitative estimate of drug-likeness (QED) is 0.773. The fraction of sp³-hybridized carbons (Fsp3) is 0.294. The molecule has 0 radical (unpaired) electrons. The van der Waals surface area contributed by atoms with Gasteiger partial charge in [-0.25, -0.2) is 0 Å². The van der Waals surface area contributed by atoms with Crippen LogP contribution < -0.4 is 4.74 Å². The Morgan fingerprint density at radius 2 is 1.80 bits per heavy atom. The Hall–Kier alpha value is -1.51. The smallest absolute Gasteiger partial charge is 0.124 e. The molecule has 2 aromatic carbocycles. The number of ether oxygens (including phenoxy) is 1. The number of benzene rings is 2. The van der Waals surface area contributed by atoms with Gasteiger partial charge < -0.3 is 9.84 Å². The van der Waals surface area contributed by atoms with Gasteiger partial charge in [0.05, 0.1) is 13.2 Å². The van der Waals surface area contributed by atoms with Gasteiger partial charge in [-0.3, -0.25) is 0 Å². The molecule has 0 heterocycles. The van der Waals surface area contributed by atoms with Crippen molar-refractivity contribution in [1.82, 2.24) is 0 Å². The molecule has 0 aliphatic carbocycles. The number of halogens is 1. The summed E-state index contributed by atoms with van der Waals surface area (Å²) in [5.41, 5.74) is 2.09. The predicted octanol–water partition coefficient (Wildman–Crippen LogP) is 4.23. The first-order valence-corrected chi connectivity index (χ1v) is 7.23. The number of rotatable bonds is 7. The third kappa shape index (κ3) is 4.55. The minimum absolute atomic E-state index is 0.0556. The molecule has 0 aromatic heterocycles. The van der Waals surface area contributed by atoms with Crippen molar-refractivity contribution < 1.29 is 9.84 Å². The maximum atomic E-state index is 9.26. The summed E-state index contributed by atoms with van der Waals surface area (Å²) in [4.78, 5) is 0. The highest BCUT2D eigenvalue weighted by molar-refractivity contribution is 6.30. The van der Waals surface area contributed by atoms with E-state index in [1.54, 1.807) is 12.1 Å². The molecular weight excluding hydrogens is 272 g/mol. The summed E-state index contributed by atoms with van der Waals surface area (Å²) in [6.45, 7) is 0.599. The van der Waals surface area contributed by atoms with Crippen LogP contribution in [0.2, 0.25) is 5.02 Å². The average Bonchev–Trinajstić information content (AvgIpc) is 2.49. The minimum atomic E-state index is -0.0556. The summed E-state index contributed by atoms with van der Waals surface area (Å²) in [5, 5.41) is 9.87. The van der Waals surface area contributed by atoms with Gasteiger partial charge in [-0.05, 0) is 43.0 Å². The lowest BCUT2D eigenvalue weighted by Gasteiger charge is -2.10. The van der Waals surface area contributed by atoms with E-state index < -0.39 is 0 Å². The first-order chi connectivity index (χ1) is 9.79. The van der Waals surface area contributed by atoms with E-state index >= 15 is 0 Å². The zero-order valence-corrected chi connectivity index (χ0v) is 12.1. The molecule has 0 amide bonds. The highest BCUT2D eigenvalue weighted by Gasteiger charge is 2.03. The van der Waals surface area contributed by atoms with Crippen LogP contribution in [0, 0.1) is 0 Å². The maximum Gasteiger partial charge on any atom is 0.124 e. The molecule has 2 nitrogen and oxygen atoms in total. The highest BCUT2D eigenvalue weighted by Crippen LogP contribution is 2.23. The Kier molecular flexibility index (Phi) is 5.90. The van der Waals surface area contributed by atoms with E-state index in [1.807, 2.05) is 12.1 Å². The van der Waals surface area contributed by atoms with Gasteiger partial charge in [-0.15, -0.1) is 0 Å². The van der Waals surface area contributed by atoms with E-state index in [0.29, 0.717) is 11.6 Å². The maximum absolute atomic E-state index is 9.26. The summed E-state index contributed by atoms with van der Waals surface area (Å²) in [7, 11) is 0. The van der Waals surface area contributed by atoms with Gasteiger partial charge >= 0.3 is 0 Å². The molecule has 0 aliphatic rings. The molecule has 0 saturated heterocycles. The number of aryl methyl sites for hydroxylation is 1.